The predicted molar refractivity (Wildman–Crippen MR) is 151 cm³/mol. The zero-order valence-electron chi connectivity index (χ0n) is 21.7. The van der Waals surface area contributed by atoms with E-state index in [0.29, 0.717) is 17.9 Å². The standard InChI is InChI=1S/C33H33NO3/c1-4-31(25-11-7-5-8-12-25)32(26-15-19-29(20-16-26)36-24-23-34(2)3)27-17-21-30(22-18-27)37-33(35)28-13-9-6-10-14-28/h5-22H,4,23-24H2,1-3H3/b32-31-. The number of esters is 1. The van der Waals surface area contributed by atoms with Crippen LogP contribution in [0.1, 0.15) is 40.4 Å². The van der Waals surface area contributed by atoms with Gasteiger partial charge in [0.15, 0.2) is 0 Å². The minimum absolute atomic E-state index is 0.368. The number of benzene rings is 4. The lowest BCUT2D eigenvalue weighted by Gasteiger charge is -2.17. The summed E-state index contributed by atoms with van der Waals surface area (Å²) in [7, 11) is 4.07. The third-order valence-electron chi connectivity index (χ3n) is 6.09. The first-order chi connectivity index (χ1) is 18.0. The van der Waals surface area contributed by atoms with Crippen LogP contribution in [0.15, 0.2) is 109 Å². The summed E-state index contributed by atoms with van der Waals surface area (Å²) in [4.78, 5) is 14.6. The van der Waals surface area contributed by atoms with Crippen LogP contribution in [0.4, 0.5) is 0 Å². The highest BCUT2D eigenvalue weighted by Crippen LogP contribution is 2.35. The summed E-state index contributed by atoms with van der Waals surface area (Å²) in [5, 5.41) is 0. The lowest BCUT2D eigenvalue weighted by molar-refractivity contribution is 0.0734. The van der Waals surface area contributed by atoms with Gasteiger partial charge in [0, 0.05) is 6.54 Å². The Bertz CT molecular complexity index is 1310. The van der Waals surface area contributed by atoms with Gasteiger partial charge < -0.3 is 14.4 Å². The molecule has 0 aliphatic heterocycles. The molecule has 0 saturated carbocycles. The van der Waals surface area contributed by atoms with Crippen LogP contribution in [0.3, 0.4) is 0 Å². The van der Waals surface area contributed by atoms with E-state index in [1.807, 2.05) is 74.8 Å². The monoisotopic (exact) mass is 491 g/mol. The number of carbonyl (C=O) groups is 1. The van der Waals surface area contributed by atoms with Crippen LogP contribution in [0.5, 0.6) is 11.5 Å². The Morgan fingerprint density at radius 1 is 0.649 bits per heavy atom. The second-order valence-electron chi connectivity index (χ2n) is 9.03. The van der Waals surface area contributed by atoms with Gasteiger partial charge in [0.1, 0.15) is 18.1 Å². The van der Waals surface area contributed by atoms with Crippen LogP contribution in [0, 0.1) is 0 Å². The molecule has 0 unspecified atom stereocenters. The summed E-state index contributed by atoms with van der Waals surface area (Å²) < 4.78 is 11.5. The van der Waals surface area contributed by atoms with Crippen LogP contribution in [-0.2, 0) is 0 Å². The van der Waals surface area contributed by atoms with Crippen molar-refractivity contribution < 1.29 is 14.3 Å². The first-order valence-corrected chi connectivity index (χ1v) is 12.6. The first kappa shape index (κ1) is 25.9. The minimum atomic E-state index is -0.368. The average Bonchev–Trinajstić information content (AvgIpc) is 2.93. The molecule has 4 heteroatoms. The Balaban J connectivity index is 1.66. The predicted octanol–water partition coefficient (Wildman–Crippen LogP) is 7.22. The summed E-state index contributed by atoms with van der Waals surface area (Å²) in [6.45, 7) is 3.68. The van der Waals surface area contributed by atoms with Gasteiger partial charge in [0.05, 0.1) is 5.56 Å². The fourth-order valence-corrected chi connectivity index (χ4v) is 4.17. The number of nitrogens with zero attached hydrogens (tertiary/aromatic N) is 1. The summed E-state index contributed by atoms with van der Waals surface area (Å²) in [6, 6.07) is 35.5. The molecule has 0 spiro atoms. The minimum Gasteiger partial charge on any atom is -0.492 e. The van der Waals surface area contributed by atoms with Gasteiger partial charge >= 0.3 is 5.97 Å². The SMILES string of the molecule is CC/C(=C(\c1ccc(OCCN(C)C)cc1)c1ccc(OC(=O)c2ccccc2)cc1)c1ccccc1. The molecule has 0 aliphatic carbocycles. The molecule has 0 heterocycles. The molecule has 37 heavy (non-hydrogen) atoms. The van der Waals surface area contributed by atoms with Crippen LogP contribution in [-0.4, -0.2) is 38.1 Å². The fraction of sp³-hybridized carbons (Fsp3) is 0.182. The molecule has 0 aliphatic rings. The van der Waals surface area contributed by atoms with Gasteiger partial charge in [-0.15, -0.1) is 0 Å². The lowest BCUT2D eigenvalue weighted by atomic mass is 9.88. The van der Waals surface area contributed by atoms with Gasteiger partial charge in [-0.25, -0.2) is 4.79 Å². The second-order valence-corrected chi connectivity index (χ2v) is 9.03. The van der Waals surface area contributed by atoms with Crippen LogP contribution in [0.2, 0.25) is 0 Å². The van der Waals surface area contributed by atoms with Crippen molar-refractivity contribution >= 4 is 17.1 Å². The molecule has 0 bridgehead atoms. The van der Waals surface area contributed by atoms with Crippen molar-refractivity contribution in [2.24, 2.45) is 0 Å². The Hall–Kier alpha value is -4.15. The van der Waals surface area contributed by atoms with Crippen molar-refractivity contribution in [1.82, 2.24) is 4.90 Å². The number of likely N-dealkylation sites (N-methyl/N-ethyl adjacent to an activating group) is 1. The van der Waals surface area contributed by atoms with Crippen LogP contribution in [0.25, 0.3) is 11.1 Å². The number of hydrogen-bond donors (Lipinski definition) is 0. The molecule has 0 atom stereocenters. The normalized spacial score (nSPS) is 11.7. The molecule has 0 saturated heterocycles. The van der Waals surface area contributed by atoms with Crippen LogP contribution < -0.4 is 9.47 Å². The zero-order valence-corrected chi connectivity index (χ0v) is 21.7. The molecule has 4 rings (SSSR count). The third-order valence-corrected chi connectivity index (χ3v) is 6.09. The average molecular weight is 492 g/mol. The molecule has 0 aromatic heterocycles. The van der Waals surface area contributed by atoms with Gasteiger partial charge in [-0.3, -0.25) is 0 Å². The Morgan fingerprint density at radius 2 is 1.16 bits per heavy atom. The van der Waals surface area contributed by atoms with Crippen molar-refractivity contribution in [3.63, 3.8) is 0 Å². The first-order valence-electron chi connectivity index (χ1n) is 12.6. The maximum atomic E-state index is 12.5. The van der Waals surface area contributed by atoms with E-state index in [1.54, 1.807) is 12.1 Å². The second kappa shape index (κ2) is 12.7. The van der Waals surface area contributed by atoms with E-state index in [1.165, 1.54) is 11.1 Å². The number of ether oxygens (including phenoxy) is 2. The lowest BCUT2D eigenvalue weighted by Crippen LogP contribution is -2.19. The fourth-order valence-electron chi connectivity index (χ4n) is 4.17. The van der Waals surface area contributed by atoms with Gasteiger partial charge in [-0.1, -0.05) is 79.7 Å². The zero-order chi connectivity index (χ0) is 26.0. The maximum Gasteiger partial charge on any atom is 0.343 e. The van der Waals surface area contributed by atoms with E-state index in [4.69, 9.17) is 9.47 Å². The maximum absolute atomic E-state index is 12.5. The largest absolute Gasteiger partial charge is 0.492 e. The Morgan fingerprint density at radius 3 is 1.68 bits per heavy atom. The van der Waals surface area contributed by atoms with Gasteiger partial charge in [0.2, 0.25) is 0 Å². The molecule has 4 nitrogen and oxygen atoms in total. The van der Waals surface area contributed by atoms with Gasteiger partial charge in [0.25, 0.3) is 0 Å². The van der Waals surface area contributed by atoms with E-state index >= 15 is 0 Å². The molecule has 0 N–H and O–H groups in total. The van der Waals surface area contributed by atoms with E-state index < -0.39 is 0 Å². The number of rotatable bonds is 10. The van der Waals surface area contributed by atoms with Gasteiger partial charge in [-0.05, 0) is 84.8 Å². The highest BCUT2D eigenvalue weighted by molar-refractivity contribution is 5.98. The number of carbonyl (C=O) groups excluding carboxylic acids is 1. The molecule has 4 aromatic carbocycles. The highest BCUT2D eigenvalue weighted by atomic mass is 16.5. The summed E-state index contributed by atoms with van der Waals surface area (Å²) in [5.74, 6) is 0.998. The van der Waals surface area contributed by atoms with Crippen molar-refractivity contribution in [2.45, 2.75) is 13.3 Å². The summed E-state index contributed by atoms with van der Waals surface area (Å²) in [6.07, 6.45) is 0.866. The van der Waals surface area contributed by atoms with Gasteiger partial charge in [-0.2, -0.15) is 0 Å². The molecule has 188 valence electrons. The highest BCUT2D eigenvalue weighted by Gasteiger charge is 2.14. The molecule has 0 radical (unpaired) electrons. The van der Waals surface area contributed by atoms with E-state index in [2.05, 4.69) is 48.2 Å². The van der Waals surface area contributed by atoms with E-state index in [0.717, 1.165) is 35.4 Å². The van der Waals surface area contributed by atoms with Crippen molar-refractivity contribution in [1.29, 1.82) is 0 Å². The Labute approximate surface area is 219 Å². The Kier molecular flexibility index (Phi) is 8.90. The van der Waals surface area contributed by atoms with Crippen molar-refractivity contribution in [2.75, 3.05) is 27.2 Å². The molecular weight excluding hydrogens is 458 g/mol. The van der Waals surface area contributed by atoms with Crippen molar-refractivity contribution in [3.05, 3.63) is 131 Å². The smallest absolute Gasteiger partial charge is 0.343 e. The van der Waals surface area contributed by atoms with E-state index in [9.17, 15) is 4.79 Å². The molecule has 4 aromatic rings. The summed E-state index contributed by atoms with van der Waals surface area (Å²) in [5.41, 5.74) is 6.27. The number of hydrogen-bond acceptors (Lipinski definition) is 4. The third kappa shape index (κ3) is 6.96. The molecule has 0 amide bonds. The number of allylic oxidation sites excluding steroid dienone is 1. The molecule has 0 fully saturated rings. The van der Waals surface area contributed by atoms with Crippen molar-refractivity contribution in [3.8, 4) is 11.5 Å². The molecular formula is C33H33NO3. The topological polar surface area (TPSA) is 38.8 Å². The van der Waals surface area contributed by atoms with E-state index in [-0.39, 0.29) is 5.97 Å². The summed E-state index contributed by atoms with van der Waals surface area (Å²) >= 11 is 0. The van der Waals surface area contributed by atoms with Crippen LogP contribution >= 0.6 is 0 Å². The quantitative estimate of drug-likeness (QED) is 0.133.